The minimum absolute atomic E-state index is 0.0565. The van der Waals surface area contributed by atoms with Gasteiger partial charge in [0.25, 0.3) is 0 Å². The molecule has 1 unspecified atom stereocenters. The predicted octanol–water partition coefficient (Wildman–Crippen LogP) is 1.79. The standard InChI is InChI=1S/C12H21N3O2S/c1-9(2)10(3)15(5)18(16,17)11-6-7-12(13-4)14-8-11/h6-10H,1-5H3,(H,13,14). The molecular formula is C12H21N3O2S. The number of aromatic nitrogens is 1. The van der Waals surface area contributed by atoms with E-state index in [-0.39, 0.29) is 16.9 Å². The highest BCUT2D eigenvalue weighted by Crippen LogP contribution is 2.20. The summed E-state index contributed by atoms with van der Waals surface area (Å²) in [6.07, 6.45) is 1.38. The van der Waals surface area contributed by atoms with Gasteiger partial charge in [0.2, 0.25) is 10.0 Å². The van der Waals surface area contributed by atoms with E-state index in [0.29, 0.717) is 5.82 Å². The summed E-state index contributed by atoms with van der Waals surface area (Å²) in [4.78, 5) is 4.25. The van der Waals surface area contributed by atoms with Gasteiger partial charge in [0.15, 0.2) is 0 Å². The van der Waals surface area contributed by atoms with Gasteiger partial charge in [-0.2, -0.15) is 4.31 Å². The third kappa shape index (κ3) is 3.00. The van der Waals surface area contributed by atoms with Crippen molar-refractivity contribution >= 4 is 15.8 Å². The topological polar surface area (TPSA) is 62.3 Å². The molecule has 1 aromatic heterocycles. The molecule has 102 valence electrons. The van der Waals surface area contributed by atoms with Crippen molar-refractivity contribution in [2.75, 3.05) is 19.4 Å². The molecule has 1 N–H and O–H groups in total. The van der Waals surface area contributed by atoms with Gasteiger partial charge in [-0.25, -0.2) is 13.4 Å². The van der Waals surface area contributed by atoms with Gasteiger partial charge in [0, 0.05) is 26.3 Å². The molecule has 0 spiro atoms. The number of sulfonamides is 1. The van der Waals surface area contributed by atoms with Crippen molar-refractivity contribution in [1.29, 1.82) is 0 Å². The fourth-order valence-electron chi connectivity index (χ4n) is 1.49. The molecule has 0 fully saturated rings. The third-order valence-corrected chi connectivity index (χ3v) is 5.14. The maximum atomic E-state index is 12.3. The average molecular weight is 271 g/mol. The molecule has 0 bridgehead atoms. The Hall–Kier alpha value is -1.14. The number of nitrogens with one attached hydrogen (secondary N) is 1. The minimum Gasteiger partial charge on any atom is -0.373 e. The number of rotatable bonds is 5. The lowest BCUT2D eigenvalue weighted by Gasteiger charge is -2.27. The van der Waals surface area contributed by atoms with Crippen LogP contribution in [0.3, 0.4) is 0 Å². The summed E-state index contributed by atoms with van der Waals surface area (Å²) in [5, 5.41) is 2.86. The molecule has 18 heavy (non-hydrogen) atoms. The molecule has 0 saturated heterocycles. The van der Waals surface area contributed by atoms with Crippen molar-refractivity contribution in [2.45, 2.75) is 31.7 Å². The van der Waals surface area contributed by atoms with Gasteiger partial charge in [0.05, 0.1) is 0 Å². The first kappa shape index (κ1) is 14.9. The van der Waals surface area contributed by atoms with E-state index >= 15 is 0 Å². The summed E-state index contributed by atoms with van der Waals surface area (Å²) in [6, 6.07) is 3.16. The van der Waals surface area contributed by atoms with E-state index in [4.69, 9.17) is 0 Å². The fourth-order valence-corrected chi connectivity index (χ4v) is 2.93. The number of hydrogen-bond donors (Lipinski definition) is 1. The summed E-state index contributed by atoms with van der Waals surface area (Å²) in [5.41, 5.74) is 0. The van der Waals surface area contributed by atoms with Crippen LogP contribution in [-0.4, -0.2) is 37.8 Å². The van der Waals surface area contributed by atoms with Crippen LogP contribution < -0.4 is 5.32 Å². The van der Waals surface area contributed by atoms with Gasteiger partial charge in [-0.1, -0.05) is 13.8 Å². The van der Waals surface area contributed by atoms with E-state index in [1.54, 1.807) is 26.2 Å². The lowest BCUT2D eigenvalue weighted by Crippen LogP contribution is -2.38. The third-order valence-electron chi connectivity index (χ3n) is 3.21. The van der Waals surface area contributed by atoms with Gasteiger partial charge in [-0.3, -0.25) is 0 Å². The molecule has 0 aromatic carbocycles. The summed E-state index contributed by atoms with van der Waals surface area (Å²) >= 11 is 0. The van der Waals surface area contributed by atoms with E-state index in [1.807, 2.05) is 20.8 Å². The van der Waals surface area contributed by atoms with E-state index in [0.717, 1.165) is 0 Å². The Bertz CT molecular complexity index is 483. The molecule has 0 amide bonds. The largest absolute Gasteiger partial charge is 0.373 e. The lowest BCUT2D eigenvalue weighted by atomic mass is 10.1. The van der Waals surface area contributed by atoms with Gasteiger partial charge >= 0.3 is 0 Å². The van der Waals surface area contributed by atoms with Crippen LogP contribution in [0.4, 0.5) is 5.82 Å². The van der Waals surface area contributed by atoms with Crippen LogP contribution in [0.1, 0.15) is 20.8 Å². The molecule has 1 heterocycles. The number of anilines is 1. The maximum absolute atomic E-state index is 12.3. The monoisotopic (exact) mass is 271 g/mol. The fraction of sp³-hybridized carbons (Fsp3) is 0.583. The number of hydrogen-bond acceptors (Lipinski definition) is 4. The van der Waals surface area contributed by atoms with Gasteiger partial charge in [0.1, 0.15) is 10.7 Å². The van der Waals surface area contributed by atoms with Crippen molar-refractivity contribution in [2.24, 2.45) is 5.92 Å². The number of nitrogens with zero attached hydrogens (tertiary/aromatic N) is 2. The first-order chi connectivity index (χ1) is 8.30. The van der Waals surface area contributed by atoms with E-state index < -0.39 is 10.0 Å². The predicted molar refractivity (Wildman–Crippen MR) is 73.0 cm³/mol. The Morgan fingerprint density at radius 1 is 1.28 bits per heavy atom. The van der Waals surface area contributed by atoms with Crippen molar-refractivity contribution in [3.05, 3.63) is 18.3 Å². The lowest BCUT2D eigenvalue weighted by molar-refractivity contribution is 0.315. The number of pyridine rings is 1. The van der Waals surface area contributed by atoms with Crippen LogP contribution in [0.15, 0.2) is 23.2 Å². The van der Waals surface area contributed by atoms with Crippen LogP contribution in [0, 0.1) is 5.92 Å². The minimum atomic E-state index is -3.47. The van der Waals surface area contributed by atoms with Crippen LogP contribution in [0.2, 0.25) is 0 Å². The summed E-state index contributed by atoms with van der Waals surface area (Å²) in [6.45, 7) is 5.90. The SMILES string of the molecule is CNc1ccc(S(=O)(=O)N(C)C(C)C(C)C)cn1. The van der Waals surface area contributed by atoms with Crippen molar-refractivity contribution in [3.8, 4) is 0 Å². The van der Waals surface area contributed by atoms with Crippen LogP contribution in [0.5, 0.6) is 0 Å². The molecule has 0 radical (unpaired) electrons. The van der Waals surface area contributed by atoms with Crippen LogP contribution in [0.25, 0.3) is 0 Å². The van der Waals surface area contributed by atoms with Crippen LogP contribution >= 0.6 is 0 Å². The molecule has 1 atom stereocenters. The maximum Gasteiger partial charge on any atom is 0.244 e. The molecular weight excluding hydrogens is 250 g/mol. The van der Waals surface area contributed by atoms with E-state index in [9.17, 15) is 8.42 Å². The molecule has 0 saturated carbocycles. The summed E-state index contributed by atoms with van der Waals surface area (Å²) in [7, 11) is -0.122. The molecule has 1 rings (SSSR count). The zero-order valence-corrected chi connectivity index (χ0v) is 12.3. The summed E-state index contributed by atoms with van der Waals surface area (Å²) < 4.78 is 26.1. The zero-order valence-electron chi connectivity index (χ0n) is 11.5. The molecule has 0 aliphatic heterocycles. The van der Waals surface area contributed by atoms with E-state index in [2.05, 4.69) is 10.3 Å². The Kier molecular flexibility index (Phi) is 4.70. The highest BCUT2D eigenvalue weighted by atomic mass is 32.2. The Labute approximate surface area is 109 Å². The van der Waals surface area contributed by atoms with Crippen molar-refractivity contribution in [1.82, 2.24) is 9.29 Å². The normalized spacial score (nSPS) is 13.9. The second-order valence-electron chi connectivity index (χ2n) is 4.64. The van der Waals surface area contributed by atoms with Gasteiger partial charge in [-0.05, 0) is 25.0 Å². The smallest absolute Gasteiger partial charge is 0.244 e. The molecule has 1 aromatic rings. The van der Waals surface area contributed by atoms with Crippen molar-refractivity contribution in [3.63, 3.8) is 0 Å². The van der Waals surface area contributed by atoms with Crippen LogP contribution in [-0.2, 0) is 10.0 Å². The second-order valence-corrected chi connectivity index (χ2v) is 6.63. The van der Waals surface area contributed by atoms with E-state index in [1.165, 1.54) is 10.5 Å². The first-order valence-electron chi connectivity index (χ1n) is 5.92. The molecule has 0 aliphatic carbocycles. The van der Waals surface area contributed by atoms with Gasteiger partial charge < -0.3 is 5.32 Å². The first-order valence-corrected chi connectivity index (χ1v) is 7.36. The molecule has 6 heteroatoms. The van der Waals surface area contributed by atoms with Gasteiger partial charge in [-0.15, -0.1) is 0 Å². The Morgan fingerprint density at radius 3 is 2.28 bits per heavy atom. The summed E-state index contributed by atoms with van der Waals surface area (Å²) in [5.74, 6) is 0.905. The average Bonchev–Trinajstić information content (AvgIpc) is 2.36. The van der Waals surface area contributed by atoms with Crippen molar-refractivity contribution < 1.29 is 8.42 Å². The highest BCUT2D eigenvalue weighted by molar-refractivity contribution is 7.89. The Balaban J connectivity index is 3.05. The molecule has 0 aliphatic rings. The quantitative estimate of drug-likeness (QED) is 0.887. The highest BCUT2D eigenvalue weighted by Gasteiger charge is 2.27. The zero-order chi connectivity index (χ0) is 13.9. The molecule has 5 nitrogen and oxygen atoms in total. The Morgan fingerprint density at radius 2 is 1.89 bits per heavy atom. The second kappa shape index (κ2) is 5.67.